The molecule has 6 heteroatoms. The number of amides is 1. The van der Waals surface area contributed by atoms with Crippen molar-refractivity contribution in [1.29, 1.82) is 0 Å². The van der Waals surface area contributed by atoms with Crippen LogP contribution < -0.4 is 19.5 Å². The molecule has 2 aromatic rings. The highest BCUT2D eigenvalue weighted by Gasteiger charge is 2.11. The minimum Gasteiger partial charge on any atom is -0.481 e. The predicted octanol–water partition coefficient (Wildman–Crippen LogP) is 2.71. The van der Waals surface area contributed by atoms with Gasteiger partial charge in [-0.25, -0.2) is 4.79 Å². The van der Waals surface area contributed by atoms with Gasteiger partial charge in [0.1, 0.15) is 11.4 Å². The number of pyridine rings is 1. The lowest BCUT2D eigenvalue weighted by Crippen LogP contribution is -2.17. The van der Waals surface area contributed by atoms with Gasteiger partial charge in [0.05, 0.1) is 14.2 Å². The fraction of sp³-hybridized carbons (Fsp3) is 0.143. The first kappa shape index (κ1) is 13.7. The quantitative estimate of drug-likeness (QED) is 0.928. The summed E-state index contributed by atoms with van der Waals surface area (Å²) in [5.41, 5.74) is 0.397. The third kappa shape index (κ3) is 3.38. The number of carbonyl (C=O) groups is 1. The molecule has 6 nitrogen and oxygen atoms in total. The van der Waals surface area contributed by atoms with Crippen molar-refractivity contribution < 1.29 is 19.0 Å². The Labute approximate surface area is 116 Å². The molecular formula is C14H14N2O4. The number of para-hydroxylation sites is 1. The molecule has 2 rings (SSSR count). The van der Waals surface area contributed by atoms with E-state index in [1.807, 2.05) is 6.07 Å². The SMILES string of the molecule is COc1ccc(NC(=O)Oc2ccccc2)c(OC)n1. The van der Waals surface area contributed by atoms with E-state index in [-0.39, 0.29) is 5.88 Å². The Morgan fingerprint density at radius 3 is 2.45 bits per heavy atom. The first-order valence-electron chi connectivity index (χ1n) is 5.86. The molecule has 0 bridgehead atoms. The number of methoxy groups -OCH3 is 2. The maximum atomic E-state index is 11.8. The van der Waals surface area contributed by atoms with Gasteiger partial charge in [0.25, 0.3) is 0 Å². The minimum absolute atomic E-state index is 0.245. The van der Waals surface area contributed by atoms with Crippen LogP contribution in [0.2, 0.25) is 0 Å². The first-order chi connectivity index (χ1) is 9.72. The smallest absolute Gasteiger partial charge is 0.417 e. The number of aromatic nitrogens is 1. The van der Waals surface area contributed by atoms with Crippen LogP contribution in [0.15, 0.2) is 42.5 Å². The van der Waals surface area contributed by atoms with Crippen molar-refractivity contribution in [3.63, 3.8) is 0 Å². The zero-order valence-electron chi connectivity index (χ0n) is 11.1. The van der Waals surface area contributed by atoms with Crippen LogP contribution >= 0.6 is 0 Å². The summed E-state index contributed by atoms with van der Waals surface area (Å²) in [6.07, 6.45) is -0.624. The van der Waals surface area contributed by atoms with Gasteiger partial charge in [0.2, 0.25) is 11.8 Å². The van der Waals surface area contributed by atoms with Gasteiger partial charge in [0.15, 0.2) is 0 Å². The van der Waals surface area contributed by atoms with Crippen LogP contribution in [-0.2, 0) is 0 Å². The summed E-state index contributed by atoms with van der Waals surface area (Å²) < 4.78 is 15.2. The van der Waals surface area contributed by atoms with Gasteiger partial charge < -0.3 is 14.2 Å². The molecule has 20 heavy (non-hydrogen) atoms. The standard InChI is InChI=1S/C14H14N2O4/c1-18-12-9-8-11(13(16-12)19-2)15-14(17)20-10-6-4-3-5-7-10/h3-9H,1-2H3,(H,15,17). The van der Waals surface area contributed by atoms with Crippen LogP contribution in [-0.4, -0.2) is 25.3 Å². The molecule has 0 radical (unpaired) electrons. The number of benzene rings is 1. The van der Waals surface area contributed by atoms with Gasteiger partial charge in [-0.1, -0.05) is 18.2 Å². The lowest BCUT2D eigenvalue weighted by atomic mass is 10.3. The number of rotatable bonds is 4. The summed E-state index contributed by atoms with van der Waals surface area (Å²) in [6, 6.07) is 12.0. The van der Waals surface area contributed by atoms with Crippen LogP contribution in [0, 0.1) is 0 Å². The van der Waals surface area contributed by atoms with E-state index in [0.29, 0.717) is 17.3 Å². The van der Waals surface area contributed by atoms with Crippen LogP contribution in [0.5, 0.6) is 17.5 Å². The van der Waals surface area contributed by atoms with Crippen molar-refractivity contribution in [3.05, 3.63) is 42.5 Å². The summed E-state index contributed by atoms with van der Waals surface area (Å²) >= 11 is 0. The fourth-order valence-corrected chi connectivity index (χ4v) is 1.52. The lowest BCUT2D eigenvalue weighted by molar-refractivity contribution is 0.215. The number of anilines is 1. The molecule has 1 aromatic carbocycles. The van der Waals surface area contributed by atoms with Crippen LogP contribution in [0.3, 0.4) is 0 Å². The van der Waals surface area contributed by atoms with E-state index in [4.69, 9.17) is 14.2 Å². The second kappa shape index (κ2) is 6.42. The molecular weight excluding hydrogens is 260 g/mol. The van der Waals surface area contributed by atoms with Gasteiger partial charge in [-0.15, -0.1) is 0 Å². The Balaban J connectivity index is 2.07. The van der Waals surface area contributed by atoms with Crippen molar-refractivity contribution in [2.24, 2.45) is 0 Å². The number of hydrogen-bond acceptors (Lipinski definition) is 5. The molecule has 0 aliphatic carbocycles. The molecule has 104 valence electrons. The Hall–Kier alpha value is -2.76. The van der Waals surface area contributed by atoms with E-state index in [9.17, 15) is 4.79 Å². The average molecular weight is 274 g/mol. The molecule has 1 amide bonds. The number of ether oxygens (including phenoxy) is 3. The highest BCUT2D eigenvalue weighted by Crippen LogP contribution is 2.25. The highest BCUT2D eigenvalue weighted by atomic mass is 16.6. The molecule has 1 aromatic heterocycles. The maximum Gasteiger partial charge on any atom is 0.417 e. The van der Waals surface area contributed by atoms with Gasteiger partial charge >= 0.3 is 6.09 Å². The summed E-state index contributed by atoms with van der Waals surface area (Å²) in [5.74, 6) is 1.09. The molecule has 0 saturated carbocycles. The molecule has 0 saturated heterocycles. The lowest BCUT2D eigenvalue weighted by Gasteiger charge is -2.10. The van der Waals surface area contributed by atoms with E-state index >= 15 is 0 Å². The second-order valence-electron chi connectivity index (χ2n) is 3.74. The molecule has 1 N–H and O–H groups in total. The summed E-state index contributed by atoms with van der Waals surface area (Å²) in [7, 11) is 2.95. The van der Waals surface area contributed by atoms with Gasteiger partial charge in [-0.2, -0.15) is 4.98 Å². The van der Waals surface area contributed by atoms with Gasteiger partial charge in [0, 0.05) is 6.07 Å². The average Bonchev–Trinajstić information content (AvgIpc) is 2.48. The normalized spacial score (nSPS) is 9.70. The van der Waals surface area contributed by atoms with Crippen molar-refractivity contribution in [3.8, 4) is 17.5 Å². The number of hydrogen-bond donors (Lipinski definition) is 1. The first-order valence-corrected chi connectivity index (χ1v) is 5.86. The van der Waals surface area contributed by atoms with Crippen molar-refractivity contribution in [2.45, 2.75) is 0 Å². The third-order valence-electron chi connectivity index (χ3n) is 2.43. The Kier molecular flexibility index (Phi) is 4.39. The predicted molar refractivity (Wildman–Crippen MR) is 73.4 cm³/mol. The van der Waals surface area contributed by atoms with Crippen LogP contribution in [0.1, 0.15) is 0 Å². The number of nitrogens with one attached hydrogen (secondary N) is 1. The zero-order chi connectivity index (χ0) is 14.4. The van der Waals surface area contributed by atoms with Crippen molar-refractivity contribution in [2.75, 3.05) is 19.5 Å². The molecule has 0 aliphatic heterocycles. The van der Waals surface area contributed by atoms with E-state index in [0.717, 1.165) is 0 Å². The Bertz CT molecular complexity index is 587. The third-order valence-corrected chi connectivity index (χ3v) is 2.43. The highest BCUT2D eigenvalue weighted by molar-refractivity contribution is 5.87. The minimum atomic E-state index is -0.624. The van der Waals surface area contributed by atoms with Gasteiger partial charge in [-0.3, -0.25) is 5.32 Å². The van der Waals surface area contributed by atoms with E-state index in [1.165, 1.54) is 14.2 Å². The largest absolute Gasteiger partial charge is 0.481 e. The molecule has 0 atom stereocenters. The molecule has 0 aliphatic rings. The topological polar surface area (TPSA) is 69.7 Å². The van der Waals surface area contributed by atoms with E-state index in [1.54, 1.807) is 36.4 Å². The number of nitrogens with zero attached hydrogens (tertiary/aromatic N) is 1. The van der Waals surface area contributed by atoms with Gasteiger partial charge in [-0.05, 0) is 18.2 Å². The molecule has 0 unspecified atom stereocenters. The second-order valence-corrected chi connectivity index (χ2v) is 3.74. The van der Waals surface area contributed by atoms with E-state index in [2.05, 4.69) is 10.3 Å². The molecule has 1 heterocycles. The number of carbonyl (C=O) groups excluding carboxylic acids is 1. The summed E-state index contributed by atoms with van der Waals surface area (Å²) in [5, 5.41) is 2.56. The monoisotopic (exact) mass is 274 g/mol. The van der Waals surface area contributed by atoms with Crippen molar-refractivity contribution in [1.82, 2.24) is 4.98 Å². The molecule has 0 spiro atoms. The van der Waals surface area contributed by atoms with Crippen LogP contribution in [0.25, 0.3) is 0 Å². The Morgan fingerprint density at radius 2 is 1.80 bits per heavy atom. The van der Waals surface area contributed by atoms with Crippen molar-refractivity contribution >= 4 is 11.8 Å². The summed E-state index contributed by atoms with van der Waals surface area (Å²) in [6.45, 7) is 0. The Morgan fingerprint density at radius 1 is 1.05 bits per heavy atom. The summed E-state index contributed by atoms with van der Waals surface area (Å²) in [4.78, 5) is 15.8. The zero-order valence-corrected chi connectivity index (χ0v) is 11.1. The molecule has 0 fully saturated rings. The fourth-order valence-electron chi connectivity index (χ4n) is 1.52. The van der Waals surface area contributed by atoms with E-state index < -0.39 is 6.09 Å². The maximum absolute atomic E-state index is 11.8. The van der Waals surface area contributed by atoms with Crippen LogP contribution in [0.4, 0.5) is 10.5 Å².